The Labute approximate surface area is 155 Å². The number of fused-ring (bicyclic) bond motifs is 3. The Kier molecular flexibility index (Phi) is 4.59. The van der Waals surface area contributed by atoms with Gasteiger partial charge in [0.15, 0.2) is 5.78 Å². The lowest BCUT2D eigenvalue weighted by Crippen LogP contribution is -2.41. The Balaban J connectivity index is 1.43. The Bertz CT molecular complexity index is 785. The number of ether oxygens (including phenoxy) is 1. The van der Waals surface area contributed by atoms with Crippen LogP contribution in [0.2, 0.25) is 0 Å². The fraction of sp³-hybridized carbons (Fsp3) is 0.650. The third-order valence-corrected chi connectivity index (χ3v) is 8.07. The van der Waals surface area contributed by atoms with Gasteiger partial charge in [-0.25, -0.2) is 0 Å². The minimum Gasteiger partial charge on any atom is -0.382 e. The molecule has 0 amide bonds. The van der Waals surface area contributed by atoms with Gasteiger partial charge in [0.1, 0.15) is 11.9 Å². The van der Waals surface area contributed by atoms with Gasteiger partial charge >= 0.3 is 10.1 Å². The van der Waals surface area contributed by atoms with Gasteiger partial charge in [-0.15, -0.1) is 0 Å². The third kappa shape index (κ3) is 3.29. The fourth-order valence-electron chi connectivity index (χ4n) is 4.55. The van der Waals surface area contributed by atoms with Gasteiger partial charge in [0, 0.05) is 6.42 Å². The van der Waals surface area contributed by atoms with Crippen LogP contribution in [0, 0.1) is 11.8 Å². The number of epoxide rings is 1. The molecular formula is C20H26O5S. The summed E-state index contributed by atoms with van der Waals surface area (Å²) in [6.07, 6.45) is 3.18. The maximum atomic E-state index is 12.7. The van der Waals surface area contributed by atoms with E-state index in [1.165, 1.54) is 5.56 Å². The van der Waals surface area contributed by atoms with E-state index in [-0.39, 0.29) is 23.9 Å². The first-order valence-electron chi connectivity index (χ1n) is 9.60. The molecule has 3 fully saturated rings. The van der Waals surface area contributed by atoms with Crippen LogP contribution in [-0.2, 0) is 19.6 Å². The third-order valence-electron chi connectivity index (χ3n) is 6.40. The molecule has 6 heteroatoms. The lowest BCUT2D eigenvalue weighted by Gasteiger charge is -2.36. The zero-order valence-corrected chi connectivity index (χ0v) is 16.1. The van der Waals surface area contributed by atoms with E-state index in [4.69, 9.17) is 8.92 Å². The number of carbonyl (C=O) groups excluding carboxylic acids is 1. The van der Waals surface area contributed by atoms with Crippen molar-refractivity contribution in [3.8, 4) is 5.75 Å². The summed E-state index contributed by atoms with van der Waals surface area (Å²) in [6.45, 7) is 4.27. The van der Waals surface area contributed by atoms with Crippen LogP contribution in [0.25, 0.3) is 0 Å². The van der Waals surface area contributed by atoms with Gasteiger partial charge in [0.2, 0.25) is 0 Å². The number of carbonyl (C=O) groups is 1. The second-order valence-electron chi connectivity index (χ2n) is 8.01. The van der Waals surface area contributed by atoms with Crippen molar-refractivity contribution in [2.45, 2.75) is 69.3 Å². The highest BCUT2D eigenvalue weighted by atomic mass is 32.2. The lowest BCUT2D eigenvalue weighted by molar-refractivity contribution is -0.122. The highest BCUT2D eigenvalue weighted by Crippen LogP contribution is 2.49. The van der Waals surface area contributed by atoms with Crippen molar-refractivity contribution in [1.82, 2.24) is 0 Å². The summed E-state index contributed by atoms with van der Waals surface area (Å²) in [4.78, 5) is 11.9. The number of Topliss-reactive ketones (excluding diaryl/α,β-unsaturated/α-hetero) is 1. The average molecular weight is 378 g/mol. The van der Waals surface area contributed by atoms with Crippen LogP contribution in [0.1, 0.15) is 57.4 Å². The molecule has 1 aromatic carbocycles. The first-order valence-corrected chi connectivity index (χ1v) is 11.1. The van der Waals surface area contributed by atoms with E-state index < -0.39 is 15.4 Å². The van der Waals surface area contributed by atoms with Gasteiger partial charge in [-0.3, -0.25) is 4.79 Å². The maximum Gasteiger partial charge on any atom is 0.312 e. The molecule has 26 heavy (non-hydrogen) atoms. The van der Waals surface area contributed by atoms with E-state index in [1.807, 2.05) is 12.1 Å². The summed E-state index contributed by atoms with van der Waals surface area (Å²) in [5.74, 6) is 1.38. The van der Waals surface area contributed by atoms with Gasteiger partial charge in [-0.2, -0.15) is 8.42 Å². The highest BCUT2D eigenvalue weighted by molar-refractivity contribution is 7.87. The number of rotatable bonds is 5. The van der Waals surface area contributed by atoms with Crippen LogP contribution in [0.5, 0.6) is 5.75 Å². The molecule has 5 nitrogen and oxygen atoms in total. The zero-order chi connectivity index (χ0) is 18.5. The Morgan fingerprint density at radius 3 is 2.65 bits per heavy atom. The molecule has 0 bridgehead atoms. The Morgan fingerprint density at radius 1 is 1.23 bits per heavy atom. The van der Waals surface area contributed by atoms with E-state index in [0.717, 1.165) is 12.8 Å². The molecule has 4 rings (SSSR count). The van der Waals surface area contributed by atoms with Crippen LogP contribution in [0.3, 0.4) is 0 Å². The normalized spacial score (nSPS) is 34.5. The van der Waals surface area contributed by atoms with Gasteiger partial charge in [0.25, 0.3) is 0 Å². The van der Waals surface area contributed by atoms with Gasteiger partial charge < -0.3 is 8.92 Å². The Hall–Kier alpha value is -1.40. The highest BCUT2D eigenvalue weighted by Gasteiger charge is 2.58. The number of hydrogen-bond acceptors (Lipinski definition) is 5. The minimum absolute atomic E-state index is 0.0407. The molecule has 0 N–H and O–H groups in total. The minimum atomic E-state index is -3.70. The second kappa shape index (κ2) is 6.64. The molecule has 0 spiro atoms. The van der Waals surface area contributed by atoms with Gasteiger partial charge in [-0.1, -0.05) is 26.0 Å². The molecule has 6 atom stereocenters. The monoisotopic (exact) mass is 378 g/mol. The largest absolute Gasteiger partial charge is 0.382 e. The summed E-state index contributed by atoms with van der Waals surface area (Å²) >= 11 is 0. The van der Waals surface area contributed by atoms with Gasteiger partial charge in [0.05, 0.1) is 11.4 Å². The molecule has 1 heterocycles. The van der Waals surface area contributed by atoms with Crippen molar-refractivity contribution >= 4 is 15.9 Å². The molecule has 3 aliphatic rings. The van der Waals surface area contributed by atoms with Crippen LogP contribution < -0.4 is 4.18 Å². The van der Waals surface area contributed by atoms with E-state index in [0.29, 0.717) is 36.8 Å². The summed E-state index contributed by atoms with van der Waals surface area (Å²) in [7, 11) is -3.70. The van der Waals surface area contributed by atoms with Crippen LogP contribution in [-0.4, -0.2) is 31.7 Å². The summed E-state index contributed by atoms with van der Waals surface area (Å²) in [5, 5.41) is -0.541. The summed E-state index contributed by atoms with van der Waals surface area (Å²) < 4.78 is 36.4. The Morgan fingerprint density at radius 2 is 1.96 bits per heavy atom. The molecule has 142 valence electrons. The SMILES string of the molecule is CCC(C)c1ccc(OS(=O)(=O)C2CCC3C(CC(=O)C4OC43)C2)cc1. The smallest absolute Gasteiger partial charge is 0.312 e. The molecule has 1 aliphatic heterocycles. The quantitative estimate of drug-likeness (QED) is 0.580. The molecule has 0 aromatic heterocycles. The van der Waals surface area contributed by atoms with E-state index in [2.05, 4.69) is 13.8 Å². The standard InChI is InChI=1S/C20H26O5S/c1-3-12(2)13-4-6-15(7-5-13)25-26(22,23)16-8-9-17-14(10-16)11-18(21)20-19(17)24-20/h4-7,12,14,16-17,19-20H,3,8-11H2,1-2H3. The van der Waals surface area contributed by atoms with Crippen molar-refractivity contribution < 1.29 is 22.1 Å². The zero-order valence-electron chi connectivity index (χ0n) is 15.3. The molecule has 0 radical (unpaired) electrons. The molecule has 1 saturated heterocycles. The van der Waals surface area contributed by atoms with Crippen molar-refractivity contribution in [3.63, 3.8) is 0 Å². The van der Waals surface area contributed by atoms with E-state index in [9.17, 15) is 13.2 Å². The van der Waals surface area contributed by atoms with E-state index >= 15 is 0 Å². The first kappa shape index (κ1) is 18.0. The van der Waals surface area contributed by atoms with Crippen LogP contribution in [0.4, 0.5) is 0 Å². The number of hydrogen-bond donors (Lipinski definition) is 0. The molecule has 2 aliphatic carbocycles. The van der Waals surface area contributed by atoms with Crippen molar-refractivity contribution in [2.75, 3.05) is 0 Å². The molecular weight excluding hydrogens is 352 g/mol. The molecule has 2 saturated carbocycles. The molecule has 1 aromatic rings. The maximum absolute atomic E-state index is 12.7. The summed E-state index contributed by atoms with van der Waals surface area (Å²) in [6, 6.07) is 7.33. The van der Waals surface area contributed by atoms with Gasteiger partial charge in [-0.05, 0) is 61.1 Å². The predicted molar refractivity (Wildman–Crippen MR) is 97.6 cm³/mol. The van der Waals surface area contributed by atoms with E-state index in [1.54, 1.807) is 12.1 Å². The summed E-state index contributed by atoms with van der Waals surface area (Å²) in [5.41, 5.74) is 1.18. The number of benzene rings is 1. The van der Waals surface area contributed by atoms with Crippen LogP contribution in [0.15, 0.2) is 24.3 Å². The first-order chi connectivity index (χ1) is 12.4. The van der Waals surface area contributed by atoms with Crippen molar-refractivity contribution in [3.05, 3.63) is 29.8 Å². The second-order valence-corrected chi connectivity index (χ2v) is 9.82. The number of ketones is 1. The molecule has 6 unspecified atom stereocenters. The fourth-order valence-corrected chi connectivity index (χ4v) is 5.97. The van der Waals surface area contributed by atoms with Crippen LogP contribution >= 0.6 is 0 Å². The van der Waals surface area contributed by atoms with Crippen molar-refractivity contribution in [2.24, 2.45) is 11.8 Å². The predicted octanol–water partition coefficient (Wildman–Crippen LogP) is 3.43. The topological polar surface area (TPSA) is 73.0 Å². The average Bonchev–Trinajstić information content (AvgIpc) is 3.42. The lowest BCUT2D eigenvalue weighted by atomic mass is 9.70. The van der Waals surface area contributed by atoms with Crippen molar-refractivity contribution in [1.29, 1.82) is 0 Å².